The maximum atomic E-state index is 11.9. The van der Waals surface area contributed by atoms with Crippen LogP contribution in [0, 0.1) is 107 Å². The van der Waals surface area contributed by atoms with Gasteiger partial charge in [-0.15, -0.1) is 0 Å². The predicted octanol–water partition coefficient (Wildman–Crippen LogP) is 19.7. The third-order valence-electron chi connectivity index (χ3n) is 25.9. The zero-order valence-electron chi connectivity index (χ0n) is 73.2. The molecule has 0 heterocycles. The first-order valence-corrected chi connectivity index (χ1v) is 43.5. The van der Waals surface area contributed by atoms with Gasteiger partial charge in [0.05, 0.1) is 89.6 Å². The van der Waals surface area contributed by atoms with Gasteiger partial charge in [-0.05, 0) is 258 Å². The molecule has 6 aliphatic carbocycles. The van der Waals surface area contributed by atoms with Crippen LogP contribution in [0.3, 0.4) is 0 Å². The van der Waals surface area contributed by atoms with E-state index in [1.807, 2.05) is 34.6 Å². The van der Waals surface area contributed by atoms with Crippen molar-refractivity contribution in [2.24, 2.45) is 107 Å². The third-order valence-corrected chi connectivity index (χ3v) is 25.9. The first-order chi connectivity index (χ1) is 50.8. The number of ether oxygens (including phenoxy) is 7. The van der Waals surface area contributed by atoms with E-state index in [0.29, 0.717) is 66.8 Å². The van der Waals surface area contributed by atoms with Gasteiger partial charge >= 0.3 is 41.8 Å². The second kappa shape index (κ2) is 53.3. The van der Waals surface area contributed by atoms with E-state index < -0.39 is 29.0 Å². The number of hydrogen-bond acceptors (Lipinski definition) is 18. The standard InChI is InChI=1S/C18H34O3.C15H26O4.2C15H28O3.C14H26O3.C13H24O2/c1-7-13-9-14(8-2)15(10-13)11-18(6,20)12-16(19)21-17(3,4)5;1-5-11-7-12(6-2)13(8-11)14(19-10(3)16)9-15(17)18-4;1-5-11-7-12(6-2)13(8-11)14(16)9-15(17)18-10(3)4;1-5-11-8-12(6-2)13(9-11)15(4,17)10-14(16)18-7-3;1-4-10-6-11(5-2)12(7-10)8-13(15)9-14(16)17-3;1-4-10-8-11(5-2)12(9-10)6-7-13(14)15-3/h13-15,20H,7-12H2,1-6H3;11-14H,5-9H2,1-4H3;10-14,16H,5-9H2,1-4H3;11-13,17H,5-10H2,1-4H3;10-13,15H,4-9H2,1-3H3;10-12H,4-9H2,1-3H3. The Kier molecular flexibility index (Phi) is 50.4. The largest absolute Gasteiger partial charge is 0.469 e. The maximum Gasteiger partial charge on any atom is 0.309 e. The molecule has 6 aliphatic rings. The lowest BCUT2D eigenvalue weighted by molar-refractivity contribution is -0.161. The molecular weight excluding hydrogens is 1370 g/mol. The van der Waals surface area contributed by atoms with E-state index in [4.69, 9.17) is 28.4 Å². The van der Waals surface area contributed by atoms with Crippen molar-refractivity contribution in [3.63, 3.8) is 0 Å². The SMILES string of the molecule is CCC1CC(CC)C(C(CC(=O)OC)OC(C)=O)C1.CCC1CC(CC)C(C(O)CC(=O)OC(C)C)C1.CCC1CC(CC)C(CC(C)(O)CC(=O)OC(C)(C)C)C1.CCC1CC(CC)C(CC(O)CC(=O)OC)C1.CCC1CC(CC)C(CCC(=O)OC)C1.CCOC(=O)CC(C)(O)C1CC(CC)CC1CC. The zero-order chi connectivity index (χ0) is 82.2. The van der Waals surface area contributed by atoms with E-state index in [0.717, 1.165) is 99.2 Å². The van der Waals surface area contributed by atoms with Crippen LogP contribution < -0.4 is 0 Å². The lowest BCUT2D eigenvalue weighted by atomic mass is 9.78. The molecule has 6 fully saturated rings. The number of aliphatic hydroxyl groups is 4. The Balaban J connectivity index is 0.000000650. The van der Waals surface area contributed by atoms with Gasteiger partial charge in [0.15, 0.2) is 0 Å². The summed E-state index contributed by atoms with van der Waals surface area (Å²) >= 11 is 0. The van der Waals surface area contributed by atoms with E-state index in [2.05, 4.69) is 87.8 Å². The fourth-order valence-corrected chi connectivity index (χ4v) is 19.7. The van der Waals surface area contributed by atoms with Crippen molar-refractivity contribution in [2.75, 3.05) is 27.9 Å². The summed E-state index contributed by atoms with van der Waals surface area (Å²) in [4.78, 5) is 80.0. The van der Waals surface area contributed by atoms with Crippen LogP contribution in [-0.2, 0) is 66.7 Å². The monoisotopic (exact) mass is 1540 g/mol. The minimum absolute atomic E-state index is 0.0511. The Labute approximate surface area is 658 Å². The third kappa shape index (κ3) is 38.8. The summed E-state index contributed by atoms with van der Waals surface area (Å²) in [6.07, 6.45) is 30.8. The normalized spacial score (nSPS) is 29.7. The van der Waals surface area contributed by atoms with Crippen LogP contribution in [0.15, 0.2) is 0 Å². The highest BCUT2D eigenvalue weighted by Crippen LogP contribution is 2.49. The molecule has 18 nitrogen and oxygen atoms in total. The molecule has 0 aromatic rings. The van der Waals surface area contributed by atoms with Crippen molar-refractivity contribution >= 4 is 41.8 Å². The van der Waals surface area contributed by atoms with Crippen molar-refractivity contribution in [3.05, 3.63) is 0 Å². The summed E-state index contributed by atoms with van der Waals surface area (Å²) in [5.41, 5.74) is -2.36. The van der Waals surface area contributed by atoms with Gasteiger partial charge in [-0.3, -0.25) is 33.6 Å². The number of rotatable bonds is 35. The molecule has 0 radical (unpaired) electrons. The van der Waals surface area contributed by atoms with Crippen molar-refractivity contribution < 1.29 is 87.1 Å². The first kappa shape index (κ1) is 102. The summed E-state index contributed by atoms with van der Waals surface area (Å²) in [5.74, 6) is 9.39. The Bertz CT molecular complexity index is 2490. The van der Waals surface area contributed by atoms with E-state index in [-0.39, 0.29) is 104 Å². The molecule has 0 spiro atoms. The second-order valence-electron chi connectivity index (χ2n) is 35.5. The first-order valence-electron chi connectivity index (χ1n) is 43.5. The molecule has 23 atom stereocenters. The summed E-state index contributed by atoms with van der Waals surface area (Å²) < 4.78 is 34.8. The van der Waals surface area contributed by atoms with Gasteiger partial charge in [0.2, 0.25) is 0 Å². The smallest absolute Gasteiger partial charge is 0.309 e. The number of aliphatic hydroxyl groups excluding tert-OH is 2. The molecule has 6 saturated carbocycles. The fourth-order valence-electron chi connectivity index (χ4n) is 19.7. The lowest BCUT2D eigenvalue weighted by Gasteiger charge is -2.33. The molecule has 0 aliphatic heterocycles. The van der Waals surface area contributed by atoms with Gasteiger partial charge in [-0.2, -0.15) is 0 Å². The average Bonchev–Trinajstić information content (AvgIpc) is 1.66. The van der Waals surface area contributed by atoms with Gasteiger partial charge in [0.25, 0.3) is 0 Å². The number of hydrogen-bond donors (Lipinski definition) is 4. The molecule has 0 saturated heterocycles. The van der Waals surface area contributed by atoms with E-state index in [1.165, 1.54) is 137 Å². The molecule has 0 aromatic carbocycles. The Hall–Kier alpha value is -3.87. The maximum absolute atomic E-state index is 11.9. The van der Waals surface area contributed by atoms with Gasteiger partial charge in [0.1, 0.15) is 11.7 Å². The number of carbonyl (C=O) groups excluding carboxylic acids is 7. The van der Waals surface area contributed by atoms with Gasteiger partial charge in [-0.25, -0.2) is 0 Å². The molecule has 18 heteroatoms. The van der Waals surface area contributed by atoms with Crippen LogP contribution in [0.5, 0.6) is 0 Å². The van der Waals surface area contributed by atoms with E-state index in [1.54, 1.807) is 20.8 Å². The summed E-state index contributed by atoms with van der Waals surface area (Å²) in [7, 11) is 4.21. The molecule has 0 amide bonds. The van der Waals surface area contributed by atoms with Crippen LogP contribution in [0.1, 0.15) is 357 Å². The van der Waals surface area contributed by atoms with Crippen molar-refractivity contribution in [2.45, 2.75) is 399 Å². The highest BCUT2D eigenvalue weighted by Gasteiger charge is 2.46. The van der Waals surface area contributed by atoms with E-state index >= 15 is 0 Å². The minimum atomic E-state index is -0.955. The molecule has 634 valence electrons. The van der Waals surface area contributed by atoms with Gasteiger partial charge in [-0.1, -0.05) is 160 Å². The molecule has 23 unspecified atom stereocenters. The Morgan fingerprint density at radius 1 is 0.407 bits per heavy atom. The zero-order valence-corrected chi connectivity index (χ0v) is 73.2. The van der Waals surface area contributed by atoms with Crippen LogP contribution in [0.4, 0.5) is 0 Å². The Morgan fingerprint density at radius 2 is 0.806 bits per heavy atom. The topological polar surface area (TPSA) is 265 Å². The molecule has 6 rings (SSSR count). The second-order valence-corrected chi connectivity index (χ2v) is 35.5. The fraction of sp³-hybridized carbons (Fsp3) is 0.922. The van der Waals surface area contributed by atoms with Crippen molar-refractivity contribution in [3.8, 4) is 0 Å². The molecule has 4 N–H and O–H groups in total. The van der Waals surface area contributed by atoms with Crippen LogP contribution in [-0.4, -0.2) is 131 Å². The molecule has 0 bridgehead atoms. The quantitative estimate of drug-likeness (QED) is 0.0339. The van der Waals surface area contributed by atoms with Crippen molar-refractivity contribution in [1.29, 1.82) is 0 Å². The Morgan fingerprint density at radius 3 is 1.25 bits per heavy atom. The van der Waals surface area contributed by atoms with Gasteiger partial charge in [0, 0.05) is 13.3 Å². The lowest BCUT2D eigenvalue weighted by Crippen LogP contribution is -2.39. The molecule has 108 heavy (non-hydrogen) atoms. The number of methoxy groups -OCH3 is 3. The summed E-state index contributed by atoms with van der Waals surface area (Å²) in [5, 5.41) is 41.4. The summed E-state index contributed by atoms with van der Waals surface area (Å²) in [6, 6.07) is 0. The van der Waals surface area contributed by atoms with Crippen molar-refractivity contribution in [1.82, 2.24) is 0 Å². The molecule has 0 aromatic heterocycles. The van der Waals surface area contributed by atoms with Crippen LogP contribution in [0.25, 0.3) is 0 Å². The number of esters is 7. The summed E-state index contributed by atoms with van der Waals surface area (Å²) in [6.45, 7) is 43.0. The van der Waals surface area contributed by atoms with Crippen LogP contribution >= 0.6 is 0 Å². The number of carbonyl (C=O) groups is 7. The minimum Gasteiger partial charge on any atom is -0.469 e. The highest BCUT2D eigenvalue weighted by atomic mass is 16.6. The highest BCUT2D eigenvalue weighted by molar-refractivity contribution is 5.73. The van der Waals surface area contributed by atoms with Gasteiger partial charge < -0.3 is 53.6 Å². The van der Waals surface area contributed by atoms with E-state index in [9.17, 15) is 54.0 Å². The predicted molar refractivity (Wildman–Crippen MR) is 432 cm³/mol. The molecular formula is C90H166O18. The average molecular weight is 1540 g/mol. The van der Waals surface area contributed by atoms with Crippen LogP contribution in [0.2, 0.25) is 0 Å².